The molecule has 5 nitrogen and oxygen atoms in total. The van der Waals surface area contributed by atoms with E-state index in [1.54, 1.807) is 6.07 Å². The number of hydrogen-bond acceptors (Lipinski definition) is 4. The molecule has 1 saturated heterocycles. The van der Waals surface area contributed by atoms with Crippen LogP contribution >= 0.6 is 0 Å². The molecule has 1 aliphatic rings. The molecule has 2 rings (SSSR count). The summed E-state index contributed by atoms with van der Waals surface area (Å²) in [5.74, 6) is 0.405. The van der Waals surface area contributed by atoms with E-state index in [9.17, 15) is 4.79 Å². The lowest BCUT2D eigenvalue weighted by molar-refractivity contribution is 0.00578. The highest BCUT2D eigenvalue weighted by atomic mass is 16.7. The monoisotopic (exact) mass is 319 g/mol. The number of rotatable bonds is 5. The summed E-state index contributed by atoms with van der Waals surface area (Å²) in [4.78, 5) is 12.1. The number of carbonyl (C=O) groups is 1. The molecule has 0 radical (unpaired) electrons. The zero-order valence-corrected chi connectivity index (χ0v) is 14.9. The molecule has 6 heteroatoms. The SMILES string of the molecule is CCNC(=O)c1ccc(B2OC(C)(C)C(C)(C)O2)cc1OCC. The second kappa shape index (κ2) is 6.53. The van der Waals surface area contributed by atoms with Crippen molar-refractivity contribution in [2.75, 3.05) is 13.2 Å². The number of benzene rings is 1. The maximum atomic E-state index is 12.1. The van der Waals surface area contributed by atoms with Crippen LogP contribution in [0.3, 0.4) is 0 Å². The molecule has 1 aliphatic heterocycles. The van der Waals surface area contributed by atoms with Gasteiger partial charge in [0.05, 0.1) is 23.4 Å². The van der Waals surface area contributed by atoms with Crippen molar-refractivity contribution in [2.45, 2.75) is 52.7 Å². The Balaban J connectivity index is 2.32. The first-order chi connectivity index (χ1) is 10.7. The van der Waals surface area contributed by atoms with Gasteiger partial charge >= 0.3 is 7.12 Å². The molecule has 0 unspecified atom stereocenters. The van der Waals surface area contributed by atoms with Gasteiger partial charge in [0.2, 0.25) is 0 Å². The molecule has 0 spiro atoms. The summed E-state index contributed by atoms with van der Waals surface area (Å²) in [5, 5.41) is 2.79. The van der Waals surface area contributed by atoms with E-state index < -0.39 is 18.3 Å². The van der Waals surface area contributed by atoms with Crippen LogP contribution in [0.1, 0.15) is 51.9 Å². The Morgan fingerprint density at radius 1 is 1.17 bits per heavy atom. The molecule has 0 aromatic heterocycles. The van der Waals surface area contributed by atoms with Crippen molar-refractivity contribution < 1.29 is 18.8 Å². The molecule has 1 heterocycles. The fourth-order valence-corrected chi connectivity index (χ4v) is 2.38. The Morgan fingerprint density at radius 3 is 2.30 bits per heavy atom. The maximum Gasteiger partial charge on any atom is 0.494 e. The highest BCUT2D eigenvalue weighted by Gasteiger charge is 2.51. The molecular weight excluding hydrogens is 293 g/mol. The van der Waals surface area contributed by atoms with Gasteiger partial charge in [-0.2, -0.15) is 0 Å². The van der Waals surface area contributed by atoms with Crippen LogP contribution in [-0.2, 0) is 9.31 Å². The minimum absolute atomic E-state index is 0.142. The van der Waals surface area contributed by atoms with Gasteiger partial charge in [0, 0.05) is 6.54 Å². The van der Waals surface area contributed by atoms with Crippen LogP contribution in [0.4, 0.5) is 0 Å². The smallest absolute Gasteiger partial charge is 0.493 e. The van der Waals surface area contributed by atoms with Crippen LogP contribution in [0.5, 0.6) is 5.75 Å². The quantitative estimate of drug-likeness (QED) is 0.845. The molecule has 1 fully saturated rings. The van der Waals surface area contributed by atoms with E-state index in [1.165, 1.54) is 0 Å². The third-order valence-electron chi connectivity index (χ3n) is 4.41. The van der Waals surface area contributed by atoms with Crippen molar-refractivity contribution in [1.82, 2.24) is 5.32 Å². The summed E-state index contributed by atoms with van der Waals surface area (Å²) < 4.78 is 17.7. The lowest BCUT2D eigenvalue weighted by Crippen LogP contribution is -2.41. The average Bonchev–Trinajstić information content (AvgIpc) is 2.68. The molecule has 0 saturated carbocycles. The number of hydrogen-bond donors (Lipinski definition) is 1. The van der Waals surface area contributed by atoms with E-state index in [2.05, 4.69) is 5.32 Å². The molecule has 0 aliphatic carbocycles. The van der Waals surface area contributed by atoms with E-state index in [-0.39, 0.29) is 5.91 Å². The minimum atomic E-state index is -0.470. The zero-order valence-electron chi connectivity index (χ0n) is 14.9. The third-order valence-corrected chi connectivity index (χ3v) is 4.41. The summed E-state index contributed by atoms with van der Waals surface area (Å²) >= 11 is 0. The van der Waals surface area contributed by atoms with Crippen molar-refractivity contribution in [3.8, 4) is 5.75 Å². The van der Waals surface area contributed by atoms with Gasteiger partial charge in [-0.25, -0.2) is 0 Å². The summed E-state index contributed by atoms with van der Waals surface area (Å²) in [7, 11) is -0.470. The molecular formula is C17H26BNO4. The van der Waals surface area contributed by atoms with Gasteiger partial charge in [-0.3, -0.25) is 4.79 Å². The highest BCUT2D eigenvalue weighted by Crippen LogP contribution is 2.36. The van der Waals surface area contributed by atoms with Crippen molar-refractivity contribution in [3.05, 3.63) is 23.8 Å². The van der Waals surface area contributed by atoms with E-state index in [0.29, 0.717) is 24.5 Å². The summed E-state index contributed by atoms with van der Waals surface area (Å²) in [6.45, 7) is 12.9. The summed E-state index contributed by atoms with van der Waals surface area (Å²) in [5.41, 5.74) is 0.567. The topological polar surface area (TPSA) is 56.8 Å². The predicted molar refractivity (Wildman–Crippen MR) is 91.3 cm³/mol. The number of amides is 1. The number of ether oxygens (including phenoxy) is 1. The fourth-order valence-electron chi connectivity index (χ4n) is 2.38. The molecule has 1 N–H and O–H groups in total. The van der Waals surface area contributed by atoms with E-state index in [4.69, 9.17) is 14.0 Å². The Hall–Kier alpha value is -1.53. The largest absolute Gasteiger partial charge is 0.494 e. The number of nitrogens with one attached hydrogen (secondary N) is 1. The van der Waals surface area contributed by atoms with Crippen molar-refractivity contribution in [3.63, 3.8) is 0 Å². The van der Waals surface area contributed by atoms with Crippen LogP contribution in [0.2, 0.25) is 0 Å². The third kappa shape index (κ3) is 3.53. The highest BCUT2D eigenvalue weighted by molar-refractivity contribution is 6.62. The van der Waals surface area contributed by atoms with E-state index in [0.717, 1.165) is 5.46 Å². The van der Waals surface area contributed by atoms with E-state index in [1.807, 2.05) is 53.7 Å². The summed E-state index contributed by atoms with van der Waals surface area (Å²) in [6.07, 6.45) is 0. The first-order valence-corrected chi connectivity index (χ1v) is 8.12. The van der Waals surface area contributed by atoms with Gasteiger partial charge in [-0.15, -0.1) is 0 Å². The van der Waals surface area contributed by atoms with Gasteiger partial charge in [0.15, 0.2) is 0 Å². The Labute approximate surface area is 138 Å². The van der Waals surface area contributed by atoms with Crippen molar-refractivity contribution in [2.24, 2.45) is 0 Å². The van der Waals surface area contributed by atoms with Crippen LogP contribution in [0, 0.1) is 0 Å². The van der Waals surface area contributed by atoms with Gasteiger partial charge < -0.3 is 19.4 Å². The molecule has 23 heavy (non-hydrogen) atoms. The second-order valence-corrected chi connectivity index (χ2v) is 6.64. The second-order valence-electron chi connectivity index (χ2n) is 6.64. The predicted octanol–water partition coefficient (Wildman–Crippen LogP) is 2.13. The standard InChI is InChI=1S/C17H26BNO4/c1-7-19-15(20)13-10-9-12(11-14(13)21-8-2)18-22-16(3,4)17(5,6)23-18/h9-11H,7-8H2,1-6H3,(H,19,20). The van der Waals surface area contributed by atoms with Crippen molar-refractivity contribution >= 4 is 18.5 Å². The summed E-state index contributed by atoms with van der Waals surface area (Å²) in [6, 6.07) is 5.45. The lowest BCUT2D eigenvalue weighted by atomic mass is 9.78. The Bertz CT molecular complexity index is 570. The maximum absolute atomic E-state index is 12.1. The van der Waals surface area contributed by atoms with Crippen LogP contribution in [0.15, 0.2) is 18.2 Å². The first kappa shape index (κ1) is 17.8. The van der Waals surface area contributed by atoms with Gasteiger partial charge in [-0.1, -0.05) is 6.07 Å². The Kier molecular flexibility index (Phi) is 5.06. The normalized spacial score (nSPS) is 18.8. The van der Waals surface area contributed by atoms with Crippen molar-refractivity contribution in [1.29, 1.82) is 0 Å². The molecule has 0 bridgehead atoms. The molecule has 1 aromatic rings. The van der Waals surface area contributed by atoms with Gasteiger partial charge in [-0.05, 0) is 59.1 Å². The molecule has 1 aromatic carbocycles. The fraction of sp³-hybridized carbons (Fsp3) is 0.588. The van der Waals surface area contributed by atoms with E-state index >= 15 is 0 Å². The minimum Gasteiger partial charge on any atom is -0.493 e. The molecule has 126 valence electrons. The van der Waals surface area contributed by atoms with Gasteiger partial charge in [0.1, 0.15) is 5.75 Å². The molecule has 1 amide bonds. The lowest BCUT2D eigenvalue weighted by Gasteiger charge is -2.32. The van der Waals surface area contributed by atoms with Gasteiger partial charge in [0.25, 0.3) is 5.91 Å². The van der Waals surface area contributed by atoms with Crippen LogP contribution < -0.4 is 15.5 Å². The zero-order chi connectivity index (χ0) is 17.3. The Morgan fingerprint density at radius 2 is 1.78 bits per heavy atom. The van der Waals surface area contributed by atoms with Crippen LogP contribution in [0.25, 0.3) is 0 Å². The average molecular weight is 319 g/mol. The first-order valence-electron chi connectivity index (χ1n) is 8.12. The number of carbonyl (C=O) groups excluding carboxylic acids is 1. The molecule has 0 atom stereocenters. The van der Waals surface area contributed by atoms with Crippen LogP contribution in [-0.4, -0.2) is 37.4 Å².